The molecular formula is C12H11F4NO3. The van der Waals surface area contributed by atoms with Crippen LogP contribution in [0.2, 0.25) is 0 Å². The number of amides is 1. The van der Waals surface area contributed by atoms with Crippen LogP contribution in [-0.4, -0.2) is 18.5 Å². The topological polar surface area (TPSA) is 55.4 Å². The Morgan fingerprint density at radius 1 is 1.25 bits per heavy atom. The Morgan fingerprint density at radius 3 is 2.45 bits per heavy atom. The van der Waals surface area contributed by atoms with Crippen LogP contribution in [0.5, 0.6) is 0 Å². The summed E-state index contributed by atoms with van der Waals surface area (Å²) < 4.78 is 54.8. The first-order chi connectivity index (χ1) is 9.24. The maximum Gasteiger partial charge on any atom is 0.416 e. The van der Waals surface area contributed by atoms with Gasteiger partial charge in [0.25, 0.3) is 0 Å². The molecular weight excluding hydrogens is 282 g/mol. The maximum absolute atomic E-state index is 13.1. The van der Waals surface area contributed by atoms with Crippen molar-refractivity contribution >= 4 is 11.9 Å². The highest BCUT2D eigenvalue weighted by Crippen LogP contribution is 2.30. The predicted molar refractivity (Wildman–Crippen MR) is 59.9 cm³/mol. The number of halogens is 4. The van der Waals surface area contributed by atoms with Crippen LogP contribution in [0.3, 0.4) is 0 Å². The molecule has 20 heavy (non-hydrogen) atoms. The first-order valence-corrected chi connectivity index (χ1v) is 5.55. The summed E-state index contributed by atoms with van der Waals surface area (Å²) in [5, 5.41) is 2.04. The molecule has 0 aliphatic rings. The van der Waals surface area contributed by atoms with Gasteiger partial charge in [0.2, 0.25) is 0 Å². The summed E-state index contributed by atoms with van der Waals surface area (Å²) in [5.74, 6) is -3.34. The number of nitrogens with one attached hydrogen (secondary N) is 1. The largest absolute Gasteiger partial charge is 0.459 e. The van der Waals surface area contributed by atoms with Crippen LogP contribution in [0.1, 0.15) is 18.1 Å². The van der Waals surface area contributed by atoms with Gasteiger partial charge >= 0.3 is 18.1 Å². The lowest BCUT2D eigenvalue weighted by Gasteiger charge is -2.10. The lowest BCUT2D eigenvalue weighted by Crippen LogP contribution is -2.32. The summed E-state index contributed by atoms with van der Waals surface area (Å²) in [6, 6.07) is 1.87. The van der Waals surface area contributed by atoms with E-state index in [9.17, 15) is 27.2 Å². The van der Waals surface area contributed by atoms with Crippen molar-refractivity contribution in [1.82, 2.24) is 5.32 Å². The van der Waals surface area contributed by atoms with E-state index in [0.29, 0.717) is 12.1 Å². The highest BCUT2D eigenvalue weighted by molar-refractivity contribution is 6.32. The fraction of sp³-hybridized carbons (Fsp3) is 0.333. The van der Waals surface area contributed by atoms with Crippen LogP contribution in [0.4, 0.5) is 17.6 Å². The van der Waals surface area contributed by atoms with Gasteiger partial charge in [-0.05, 0) is 30.7 Å². The summed E-state index contributed by atoms with van der Waals surface area (Å²) in [6.45, 7) is 1.07. The second-order valence-corrected chi connectivity index (χ2v) is 3.75. The number of ether oxygens (including phenoxy) is 1. The van der Waals surface area contributed by atoms with Gasteiger partial charge in [0, 0.05) is 6.54 Å². The van der Waals surface area contributed by atoms with E-state index in [-0.39, 0.29) is 12.2 Å². The van der Waals surface area contributed by atoms with Gasteiger partial charge in [-0.1, -0.05) is 0 Å². The number of hydrogen-bond donors (Lipinski definition) is 1. The van der Waals surface area contributed by atoms with Crippen LogP contribution < -0.4 is 5.32 Å². The fourth-order valence-electron chi connectivity index (χ4n) is 1.37. The van der Waals surface area contributed by atoms with E-state index in [1.54, 1.807) is 0 Å². The molecule has 1 rings (SSSR count). The number of rotatable bonds is 3. The third kappa shape index (κ3) is 4.52. The molecule has 0 fully saturated rings. The zero-order valence-corrected chi connectivity index (χ0v) is 10.4. The minimum atomic E-state index is -4.69. The quantitative estimate of drug-likeness (QED) is 0.527. The summed E-state index contributed by atoms with van der Waals surface area (Å²) in [5.41, 5.74) is -1.28. The average molecular weight is 293 g/mol. The van der Waals surface area contributed by atoms with Crippen molar-refractivity contribution in [3.8, 4) is 0 Å². The molecule has 1 aromatic rings. The SMILES string of the molecule is CCOC(=O)C(=O)NCc1cc(F)cc(C(F)(F)F)c1. The molecule has 1 aromatic carbocycles. The lowest BCUT2D eigenvalue weighted by molar-refractivity contribution is -0.154. The molecule has 0 aromatic heterocycles. The fourth-order valence-corrected chi connectivity index (χ4v) is 1.37. The van der Waals surface area contributed by atoms with Crippen molar-refractivity contribution < 1.29 is 31.9 Å². The van der Waals surface area contributed by atoms with Gasteiger partial charge in [0.1, 0.15) is 5.82 Å². The van der Waals surface area contributed by atoms with Crippen molar-refractivity contribution in [2.45, 2.75) is 19.6 Å². The molecule has 0 atom stereocenters. The van der Waals surface area contributed by atoms with Gasteiger partial charge in [-0.3, -0.25) is 4.79 Å². The number of carbonyl (C=O) groups is 2. The first kappa shape index (κ1) is 15.9. The zero-order valence-electron chi connectivity index (χ0n) is 10.4. The standard InChI is InChI=1S/C12H11F4NO3/c1-2-20-11(19)10(18)17-6-7-3-8(12(14,15)16)5-9(13)4-7/h3-5H,2,6H2,1H3,(H,17,18). The molecule has 0 bridgehead atoms. The molecule has 0 aliphatic heterocycles. The summed E-state index contributed by atoms with van der Waals surface area (Å²) in [4.78, 5) is 22.1. The summed E-state index contributed by atoms with van der Waals surface area (Å²) in [6.07, 6.45) is -4.69. The molecule has 0 saturated carbocycles. The Bertz CT molecular complexity index is 514. The van der Waals surface area contributed by atoms with Crippen LogP contribution in [0, 0.1) is 5.82 Å². The predicted octanol–water partition coefficient (Wildman–Crippen LogP) is 2.02. The Labute approximate surface area is 111 Å². The van der Waals surface area contributed by atoms with E-state index < -0.39 is 36.0 Å². The molecule has 0 spiro atoms. The number of esters is 1. The van der Waals surface area contributed by atoms with Crippen molar-refractivity contribution in [2.75, 3.05) is 6.61 Å². The molecule has 110 valence electrons. The molecule has 0 unspecified atom stereocenters. The van der Waals surface area contributed by atoms with Gasteiger partial charge in [-0.25, -0.2) is 9.18 Å². The molecule has 0 saturated heterocycles. The first-order valence-electron chi connectivity index (χ1n) is 5.55. The average Bonchev–Trinajstić information content (AvgIpc) is 2.34. The Kier molecular flexibility index (Phi) is 5.06. The van der Waals surface area contributed by atoms with Crippen LogP contribution in [0.25, 0.3) is 0 Å². The molecule has 1 amide bonds. The number of alkyl halides is 3. The Morgan fingerprint density at radius 2 is 1.90 bits per heavy atom. The lowest BCUT2D eigenvalue weighted by atomic mass is 10.1. The van der Waals surface area contributed by atoms with Crippen LogP contribution in [0.15, 0.2) is 18.2 Å². The van der Waals surface area contributed by atoms with E-state index in [1.165, 1.54) is 6.92 Å². The highest BCUT2D eigenvalue weighted by atomic mass is 19.4. The minimum Gasteiger partial charge on any atom is -0.459 e. The van der Waals surface area contributed by atoms with E-state index in [1.807, 2.05) is 5.32 Å². The molecule has 0 radical (unpaired) electrons. The normalized spacial score (nSPS) is 11.1. The van der Waals surface area contributed by atoms with Crippen molar-refractivity contribution in [2.24, 2.45) is 0 Å². The second kappa shape index (κ2) is 6.36. The minimum absolute atomic E-state index is 0.00948. The van der Waals surface area contributed by atoms with Crippen LogP contribution >= 0.6 is 0 Å². The molecule has 8 heteroatoms. The number of hydrogen-bond acceptors (Lipinski definition) is 3. The molecule has 4 nitrogen and oxygen atoms in total. The maximum atomic E-state index is 13.1. The Hall–Kier alpha value is -2.12. The van der Waals surface area contributed by atoms with Gasteiger partial charge in [0.15, 0.2) is 0 Å². The Balaban J connectivity index is 2.76. The smallest absolute Gasteiger partial charge is 0.416 e. The van der Waals surface area contributed by atoms with Crippen molar-refractivity contribution in [1.29, 1.82) is 0 Å². The van der Waals surface area contributed by atoms with Gasteiger partial charge in [-0.2, -0.15) is 13.2 Å². The third-order valence-corrected chi connectivity index (χ3v) is 2.20. The van der Waals surface area contributed by atoms with E-state index >= 15 is 0 Å². The van der Waals surface area contributed by atoms with E-state index in [4.69, 9.17) is 0 Å². The van der Waals surface area contributed by atoms with E-state index in [0.717, 1.165) is 6.07 Å². The highest BCUT2D eigenvalue weighted by Gasteiger charge is 2.31. The van der Waals surface area contributed by atoms with Crippen LogP contribution in [-0.2, 0) is 27.0 Å². The van der Waals surface area contributed by atoms with E-state index in [2.05, 4.69) is 4.74 Å². The van der Waals surface area contributed by atoms with Gasteiger partial charge in [-0.15, -0.1) is 0 Å². The molecule has 1 N–H and O–H groups in total. The second-order valence-electron chi connectivity index (χ2n) is 3.75. The summed E-state index contributed by atoms with van der Waals surface area (Å²) >= 11 is 0. The monoisotopic (exact) mass is 293 g/mol. The third-order valence-electron chi connectivity index (χ3n) is 2.20. The number of carbonyl (C=O) groups excluding carboxylic acids is 2. The zero-order chi connectivity index (χ0) is 15.3. The van der Waals surface area contributed by atoms with Crippen molar-refractivity contribution in [3.05, 3.63) is 35.1 Å². The summed E-state index contributed by atoms with van der Waals surface area (Å²) in [7, 11) is 0. The molecule has 0 aliphatic carbocycles. The van der Waals surface area contributed by atoms with Crippen molar-refractivity contribution in [3.63, 3.8) is 0 Å². The number of benzene rings is 1. The van der Waals surface area contributed by atoms with Gasteiger partial charge < -0.3 is 10.1 Å². The van der Waals surface area contributed by atoms with Gasteiger partial charge in [0.05, 0.1) is 12.2 Å². The molecule has 0 heterocycles.